The van der Waals surface area contributed by atoms with E-state index < -0.39 is 5.97 Å². The molecular weight excluding hydrogens is 420 g/mol. The zero-order valence-corrected chi connectivity index (χ0v) is 20.1. The van der Waals surface area contributed by atoms with Gasteiger partial charge in [-0.2, -0.15) is 0 Å². The molecule has 0 aliphatic heterocycles. The van der Waals surface area contributed by atoms with Gasteiger partial charge in [0.2, 0.25) is 0 Å². The molecule has 2 aromatic carbocycles. The van der Waals surface area contributed by atoms with Gasteiger partial charge in [0.1, 0.15) is 0 Å². The SMILES string of the molecule is CCCCCCCN(C(=O)NCCCC)c1ccc(Sc2cccc(CC(=O)O)c2)cc1. The second-order valence-electron chi connectivity index (χ2n) is 7.97. The summed E-state index contributed by atoms with van der Waals surface area (Å²) in [6.45, 7) is 5.73. The van der Waals surface area contributed by atoms with E-state index in [1.165, 1.54) is 19.3 Å². The number of aliphatic carboxylic acids is 1. The lowest BCUT2D eigenvalue weighted by Gasteiger charge is -2.23. The zero-order valence-electron chi connectivity index (χ0n) is 19.3. The molecule has 32 heavy (non-hydrogen) atoms. The van der Waals surface area contributed by atoms with E-state index in [-0.39, 0.29) is 12.5 Å². The first-order chi connectivity index (χ1) is 15.5. The molecule has 0 bridgehead atoms. The third-order valence-corrected chi connectivity index (χ3v) is 6.17. The Morgan fingerprint density at radius 2 is 1.62 bits per heavy atom. The van der Waals surface area contributed by atoms with E-state index in [4.69, 9.17) is 5.11 Å². The quantitative estimate of drug-likeness (QED) is 0.308. The molecule has 5 nitrogen and oxygen atoms in total. The van der Waals surface area contributed by atoms with Crippen LogP contribution in [0.25, 0.3) is 0 Å². The van der Waals surface area contributed by atoms with Gasteiger partial charge in [0.15, 0.2) is 0 Å². The smallest absolute Gasteiger partial charge is 0.321 e. The molecular formula is C26H36N2O3S. The van der Waals surface area contributed by atoms with E-state index in [9.17, 15) is 9.59 Å². The molecule has 0 heterocycles. The molecule has 0 radical (unpaired) electrons. The zero-order chi connectivity index (χ0) is 23.2. The van der Waals surface area contributed by atoms with Gasteiger partial charge in [-0.1, -0.05) is 69.8 Å². The first-order valence-electron chi connectivity index (χ1n) is 11.7. The Morgan fingerprint density at radius 3 is 2.31 bits per heavy atom. The predicted octanol–water partition coefficient (Wildman–Crippen LogP) is 6.75. The highest BCUT2D eigenvalue weighted by atomic mass is 32.2. The summed E-state index contributed by atoms with van der Waals surface area (Å²) < 4.78 is 0. The summed E-state index contributed by atoms with van der Waals surface area (Å²) in [5.41, 5.74) is 1.69. The first-order valence-corrected chi connectivity index (χ1v) is 12.5. The molecule has 0 aliphatic carbocycles. The average molecular weight is 457 g/mol. The van der Waals surface area contributed by atoms with Crippen molar-refractivity contribution in [3.8, 4) is 0 Å². The van der Waals surface area contributed by atoms with E-state index in [1.54, 1.807) is 11.8 Å². The van der Waals surface area contributed by atoms with Crippen molar-refractivity contribution in [2.24, 2.45) is 0 Å². The molecule has 0 spiro atoms. The number of rotatable bonds is 14. The molecule has 6 heteroatoms. The molecule has 0 aromatic heterocycles. The number of carboxylic acids is 1. The molecule has 2 amide bonds. The van der Waals surface area contributed by atoms with Crippen LogP contribution in [-0.2, 0) is 11.2 Å². The lowest BCUT2D eigenvalue weighted by atomic mass is 10.1. The Bertz CT molecular complexity index is 839. The molecule has 0 unspecified atom stereocenters. The number of amides is 2. The molecule has 174 valence electrons. The Labute approximate surface area is 196 Å². The summed E-state index contributed by atoms with van der Waals surface area (Å²) in [5, 5.41) is 12.0. The first kappa shape index (κ1) is 25.8. The third kappa shape index (κ3) is 9.35. The van der Waals surface area contributed by atoms with Crippen molar-refractivity contribution in [3.63, 3.8) is 0 Å². The minimum absolute atomic E-state index is 0.0215. The van der Waals surface area contributed by atoms with Crippen LogP contribution in [0.1, 0.15) is 64.4 Å². The lowest BCUT2D eigenvalue weighted by Crippen LogP contribution is -2.41. The average Bonchev–Trinajstić information content (AvgIpc) is 2.77. The highest BCUT2D eigenvalue weighted by Gasteiger charge is 2.15. The van der Waals surface area contributed by atoms with Gasteiger partial charge in [0, 0.05) is 28.6 Å². The van der Waals surface area contributed by atoms with E-state index in [0.29, 0.717) is 13.1 Å². The minimum Gasteiger partial charge on any atom is -0.481 e. The van der Waals surface area contributed by atoms with Crippen LogP contribution >= 0.6 is 11.8 Å². The monoisotopic (exact) mass is 456 g/mol. The second-order valence-corrected chi connectivity index (χ2v) is 9.11. The van der Waals surface area contributed by atoms with Gasteiger partial charge in [-0.05, 0) is 54.8 Å². The van der Waals surface area contributed by atoms with Crippen LogP contribution in [0.2, 0.25) is 0 Å². The highest BCUT2D eigenvalue weighted by Crippen LogP contribution is 2.30. The van der Waals surface area contributed by atoms with Crippen molar-refractivity contribution in [2.45, 2.75) is 75.0 Å². The Kier molecular flexibility index (Phi) is 11.7. The van der Waals surface area contributed by atoms with Crippen molar-refractivity contribution in [1.82, 2.24) is 5.32 Å². The standard InChI is InChI=1S/C26H36N2O3S/c1-3-5-7-8-9-18-28(26(31)27-17-6-4-2)22-13-15-23(16-14-22)32-24-12-10-11-21(19-24)20-25(29)30/h10-16,19H,3-9,17-18,20H2,1-2H3,(H,27,31)(H,29,30). The largest absolute Gasteiger partial charge is 0.481 e. The number of nitrogens with one attached hydrogen (secondary N) is 1. The van der Waals surface area contributed by atoms with Gasteiger partial charge in [0.25, 0.3) is 0 Å². The molecule has 2 rings (SSSR count). The van der Waals surface area contributed by atoms with Crippen molar-refractivity contribution in [1.29, 1.82) is 0 Å². The van der Waals surface area contributed by atoms with Crippen molar-refractivity contribution in [3.05, 3.63) is 54.1 Å². The molecule has 0 aliphatic rings. The Balaban J connectivity index is 2.04. The van der Waals surface area contributed by atoms with E-state index in [0.717, 1.165) is 46.7 Å². The number of nitrogens with zero attached hydrogens (tertiary/aromatic N) is 1. The van der Waals surface area contributed by atoms with Crippen LogP contribution in [0.3, 0.4) is 0 Å². The lowest BCUT2D eigenvalue weighted by molar-refractivity contribution is -0.136. The van der Waals surface area contributed by atoms with Crippen LogP contribution in [0.5, 0.6) is 0 Å². The molecule has 0 saturated carbocycles. The maximum atomic E-state index is 12.8. The maximum Gasteiger partial charge on any atom is 0.321 e. The Hall–Kier alpha value is -2.47. The highest BCUT2D eigenvalue weighted by molar-refractivity contribution is 7.99. The van der Waals surface area contributed by atoms with Crippen LogP contribution < -0.4 is 10.2 Å². The number of urea groups is 1. The fraction of sp³-hybridized carbons (Fsp3) is 0.462. The van der Waals surface area contributed by atoms with Crippen LogP contribution in [0.15, 0.2) is 58.3 Å². The summed E-state index contributed by atoms with van der Waals surface area (Å²) >= 11 is 1.59. The molecule has 2 aromatic rings. The molecule has 0 atom stereocenters. The number of unbranched alkanes of at least 4 members (excludes halogenated alkanes) is 5. The number of carboxylic acid groups (broad SMARTS) is 1. The summed E-state index contributed by atoms with van der Waals surface area (Å²) in [6.07, 6.45) is 7.83. The van der Waals surface area contributed by atoms with Gasteiger partial charge < -0.3 is 10.4 Å². The number of anilines is 1. The third-order valence-electron chi connectivity index (χ3n) is 5.17. The van der Waals surface area contributed by atoms with E-state index in [2.05, 4.69) is 19.2 Å². The van der Waals surface area contributed by atoms with Crippen molar-refractivity contribution < 1.29 is 14.7 Å². The van der Waals surface area contributed by atoms with Gasteiger partial charge in [-0.3, -0.25) is 9.69 Å². The fourth-order valence-electron chi connectivity index (χ4n) is 3.41. The Morgan fingerprint density at radius 1 is 0.906 bits per heavy atom. The van der Waals surface area contributed by atoms with Crippen LogP contribution in [0.4, 0.5) is 10.5 Å². The number of hydrogen-bond donors (Lipinski definition) is 2. The normalized spacial score (nSPS) is 10.7. The minimum atomic E-state index is -0.830. The van der Waals surface area contributed by atoms with Crippen molar-refractivity contribution in [2.75, 3.05) is 18.0 Å². The number of carbonyl (C=O) groups excluding carboxylic acids is 1. The number of carbonyl (C=O) groups is 2. The van der Waals surface area contributed by atoms with Crippen LogP contribution in [0, 0.1) is 0 Å². The molecule has 0 fully saturated rings. The van der Waals surface area contributed by atoms with Gasteiger partial charge in [-0.25, -0.2) is 4.79 Å². The molecule has 0 saturated heterocycles. The predicted molar refractivity (Wildman–Crippen MR) is 133 cm³/mol. The summed E-state index contributed by atoms with van der Waals surface area (Å²) in [5.74, 6) is -0.830. The summed E-state index contributed by atoms with van der Waals surface area (Å²) in [7, 11) is 0. The number of benzene rings is 2. The van der Waals surface area contributed by atoms with E-state index >= 15 is 0 Å². The van der Waals surface area contributed by atoms with Crippen molar-refractivity contribution >= 4 is 29.4 Å². The molecule has 2 N–H and O–H groups in total. The van der Waals surface area contributed by atoms with Gasteiger partial charge >= 0.3 is 12.0 Å². The maximum absolute atomic E-state index is 12.8. The van der Waals surface area contributed by atoms with Gasteiger partial charge in [-0.15, -0.1) is 0 Å². The summed E-state index contributed by atoms with van der Waals surface area (Å²) in [6, 6.07) is 15.6. The fourth-order valence-corrected chi connectivity index (χ4v) is 4.31. The number of hydrogen-bond acceptors (Lipinski definition) is 3. The van der Waals surface area contributed by atoms with E-state index in [1.807, 2.05) is 53.4 Å². The second kappa shape index (κ2) is 14.6. The topological polar surface area (TPSA) is 69.6 Å². The van der Waals surface area contributed by atoms with Gasteiger partial charge in [0.05, 0.1) is 6.42 Å². The summed E-state index contributed by atoms with van der Waals surface area (Å²) in [4.78, 5) is 27.7. The van der Waals surface area contributed by atoms with Crippen LogP contribution in [-0.4, -0.2) is 30.2 Å².